The molecule has 0 saturated heterocycles. The molecule has 0 amide bonds. The van der Waals surface area contributed by atoms with Crippen molar-refractivity contribution >= 4 is 34.8 Å². The number of non-ortho nitro benzene ring substituents is 1. The van der Waals surface area contributed by atoms with Crippen molar-refractivity contribution in [2.24, 2.45) is 0 Å². The number of nitro groups is 1. The Morgan fingerprint density at radius 3 is 2.76 bits per heavy atom. The highest BCUT2D eigenvalue weighted by atomic mass is 32.2. The molecule has 3 aromatic rings. The van der Waals surface area contributed by atoms with Crippen LogP contribution in [0.4, 0.5) is 5.69 Å². The maximum Gasteiger partial charge on any atom is 0.270 e. The zero-order valence-electron chi connectivity index (χ0n) is 10.6. The summed E-state index contributed by atoms with van der Waals surface area (Å²) in [7, 11) is 0. The van der Waals surface area contributed by atoms with E-state index in [0.717, 1.165) is 17.3 Å². The molecule has 0 aliphatic carbocycles. The van der Waals surface area contributed by atoms with Crippen molar-refractivity contribution in [3.63, 3.8) is 0 Å². The molecule has 21 heavy (non-hydrogen) atoms. The van der Waals surface area contributed by atoms with E-state index < -0.39 is 4.92 Å². The molecule has 7 heteroatoms. The second-order valence-electron chi connectivity index (χ2n) is 4.15. The zero-order valence-corrected chi connectivity index (χ0v) is 11.4. The third kappa shape index (κ3) is 2.63. The van der Waals surface area contributed by atoms with Gasteiger partial charge in [0.15, 0.2) is 11.9 Å². The van der Waals surface area contributed by atoms with Gasteiger partial charge >= 0.3 is 0 Å². The summed E-state index contributed by atoms with van der Waals surface area (Å²) in [6.07, 6.45) is 0.581. The summed E-state index contributed by atoms with van der Waals surface area (Å²) in [6, 6.07) is 11.4. The van der Waals surface area contributed by atoms with E-state index in [4.69, 9.17) is 4.42 Å². The number of benzene rings is 2. The fourth-order valence-corrected chi connectivity index (χ4v) is 2.65. The van der Waals surface area contributed by atoms with Gasteiger partial charge in [-0.25, -0.2) is 4.98 Å². The molecule has 1 heterocycles. The first-order chi connectivity index (χ1) is 10.2. The highest BCUT2D eigenvalue weighted by Crippen LogP contribution is 2.33. The Labute approximate surface area is 122 Å². The second kappa shape index (κ2) is 5.37. The summed E-state index contributed by atoms with van der Waals surface area (Å²) in [4.78, 5) is 26.1. The number of para-hydroxylation sites is 2. The number of aldehydes is 1. The van der Waals surface area contributed by atoms with Gasteiger partial charge in [0, 0.05) is 22.6 Å². The molecule has 2 aromatic carbocycles. The van der Waals surface area contributed by atoms with Crippen molar-refractivity contribution in [2.75, 3.05) is 0 Å². The average molecular weight is 300 g/mol. The number of oxazole rings is 1. The van der Waals surface area contributed by atoms with Crippen LogP contribution in [0.3, 0.4) is 0 Å². The van der Waals surface area contributed by atoms with E-state index in [-0.39, 0.29) is 11.3 Å². The number of aromatic nitrogens is 1. The lowest BCUT2D eigenvalue weighted by molar-refractivity contribution is -0.384. The molecule has 0 aliphatic heterocycles. The van der Waals surface area contributed by atoms with E-state index in [1.165, 1.54) is 18.2 Å². The maximum absolute atomic E-state index is 11.1. The van der Waals surface area contributed by atoms with Crippen molar-refractivity contribution in [1.29, 1.82) is 0 Å². The van der Waals surface area contributed by atoms with Crippen LogP contribution in [0.15, 0.2) is 57.0 Å². The molecule has 0 spiro atoms. The molecule has 0 atom stereocenters. The Morgan fingerprint density at radius 1 is 1.24 bits per heavy atom. The molecular weight excluding hydrogens is 292 g/mol. The molecule has 0 unspecified atom stereocenters. The quantitative estimate of drug-likeness (QED) is 0.415. The number of rotatable bonds is 4. The summed E-state index contributed by atoms with van der Waals surface area (Å²) in [6.45, 7) is 0. The van der Waals surface area contributed by atoms with Crippen LogP contribution in [0, 0.1) is 10.1 Å². The predicted octanol–water partition coefficient (Wildman–Crippen LogP) is 3.70. The van der Waals surface area contributed by atoms with Crippen LogP contribution in [-0.4, -0.2) is 16.2 Å². The van der Waals surface area contributed by atoms with Crippen LogP contribution < -0.4 is 0 Å². The number of fused-ring (bicyclic) bond motifs is 1. The number of carbonyl (C=O) groups excluding carboxylic acids is 1. The van der Waals surface area contributed by atoms with Gasteiger partial charge in [0.2, 0.25) is 0 Å². The van der Waals surface area contributed by atoms with Gasteiger partial charge in [0.1, 0.15) is 5.52 Å². The van der Waals surface area contributed by atoms with E-state index in [1.54, 1.807) is 6.07 Å². The fourth-order valence-electron chi connectivity index (χ4n) is 1.82. The maximum atomic E-state index is 11.1. The summed E-state index contributed by atoms with van der Waals surface area (Å²) >= 11 is 1.15. The first kappa shape index (κ1) is 13.3. The minimum Gasteiger partial charge on any atom is -0.431 e. The van der Waals surface area contributed by atoms with E-state index >= 15 is 0 Å². The van der Waals surface area contributed by atoms with E-state index in [2.05, 4.69) is 4.98 Å². The standard InChI is InChI=1S/C14H8N2O4S/c17-8-9-7-10(16(18)19)5-6-13(9)21-14-15-11-3-1-2-4-12(11)20-14/h1-8H. The molecule has 0 N–H and O–H groups in total. The lowest BCUT2D eigenvalue weighted by Gasteiger charge is -2.00. The predicted molar refractivity (Wildman–Crippen MR) is 76.6 cm³/mol. The Kier molecular flexibility index (Phi) is 3.41. The van der Waals surface area contributed by atoms with Crippen molar-refractivity contribution in [1.82, 2.24) is 4.98 Å². The highest BCUT2D eigenvalue weighted by Gasteiger charge is 2.14. The molecule has 0 saturated carbocycles. The summed E-state index contributed by atoms with van der Waals surface area (Å²) < 4.78 is 5.55. The SMILES string of the molecule is O=Cc1cc([N+](=O)[O-])ccc1Sc1nc2ccccc2o1. The molecule has 104 valence electrons. The molecule has 6 nitrogen and oxygen atoms in total. The Morgan fingerprint density at radius 2 is 2.05 bits per heavy atom. The largest absolute Gasteiger partial charge is 0.431 e. The number of nitro benzene ring substituents is 1. The van der Waals surface area contributed by atoms with Gasteiger partial charge in [-0.05, 0) is 30.0 Å². The Balaban J connectivity index is 1.97. The molecule has 0 fully saturated rings. The molecule has 0 radical (unpaired) electrons. The summed E-state index contributed by atoms with van der Waals surface area (Å²) in [5.41, 5.74) is 1.47. The van der Waals surface area contributed by atoms with Crippen LogP contribution in [0.1, 0.15) is 10.4 Å². The monoisotopic (exact) mass is 300 g/mol. The number of hydrogen-bond donors (Lipinski definition) is 0. The molecule has 3 rings (SSSR count). The number of hydrogen-bond acceptors (Lipinski definition) is 6. The van der Waals surface area contributed by atoms with Crippen LogP contribution in [0.5, 0.6) is 0 Å². The van der Waals surface area contributed by atoms with Gasteiger partial charge in [-0.15, -0.1) is 0 Å². The minimum absolute atomic E-state index is 0.126. The highest BCUT2D eigenvalue weighted by molar-refractivity contribution is 7.99. The van der Waals surface area contributed by atoms with Crippen LogP contribution in [-0.2, 0) is 0 Å². The van der Waals surface area contributed by atoms with Crippen LogP contribution >= 0.6 is 11.8 Å². The third-order valence-electron chi connectivity index (χ3n) is 2.80. The second-order valence-corrected chi connectivity index (χ2v) is 5.14. The molecular formula is C14H8N2O4S. The van der Waals surface area contributed by atoms with E-state index in [0.29, 0.717) is 22.0 Å². The van der Waals surface area contributed by atoms with Crippen molar-refractivity contribution in [3.05, 3.63) is 58.1 Å². The lowest BCUT2D eigenvalue weighted by Crippen LogP contribution is -1.92. The Bertz CT molecular complexity index is 811. The molecule has 0 aliphatic rings. The lowest BCUT2D eigenvalue weighted by atomic mass is 10.2. The van der Waals surface area contributed by atoms with Crippen molar-refractivity contribution < 1.29 is 14.1 Å². The van der Waals surface area contributed by atoms with Gasteiger partial charge in [-0.1, -0.05) is 12.1 Å². The van der Waals surface area contributed by atoms with Gasteiger partial charge in [-0.2, -0.15) is 0 Å². The first-order valence-corrected chi connectivity index (χ1v) is 6.76. The van der Waals surface area contributed by atoms with Crippen LogP contribution in [0.25, 0.3) is 11.1 Å². The topological polar surface area (TPSA) is 86.2 Å². The molecule has 1 aromatic heterocycles. The summed E-state index contributed by atoms with van der Waals surface area (Å²) in [5, 5.41) is 11.1. The average Bonchev–Trinajstić information content (AvgIpc) is 2.89. The third-order valence-corrected chi connectivity index (χ3v) is 3.74. The Hall–Kier alpha value is -2.67. The van der Waals surface area contributed by atoms with Crippen molar-refractivity contribution in [3.8, 4) is 0 Å². The normalized spacial score (nSPS) is 10.7. The fraction of sp³-hybridized carbons (Fsp3) is 0. The minimum atomic E-state index is -0.541. The number of nitrogens with zero attached hydrogens (tertiary/aromatic N) is 2. The smallest absolute Gasteiger partial charge is 0.270 e. The van der Waals surface area contributed by atoms with Crippen molar-refractivity contribution in [2.45, 2.75) is 10.1 Å². The zero-order chi connectivity index (χ0) is 14.8. The van der Waals surface area contributed by atoms with Gasteiger partial charge in [0.25, 0.3) is 10.9 Å². The summed E-state index contributed by atoms with van der Waals surface area (Å²) in [5.74, 6) is 0. The molecule has 0 bridgehead atoms. The van der Waals surface area contributed by atoms with Gasteiger partial charge in [0.05, 0.1) is 4.92 Å². The first-order valence-electron chi connectivity index (χ1n) is 5.94. The van der Waals surface area contributed by atoms with Crippen LogP contribution in [0.2, 0.25) is 0 Å². The van der Waals surface area contributed by atoms with E-state index in [1.807, 2.05) is 18.2 Å². The van der Waals surface area contributed by atoms with Gasteiger partial charge < -0.3 is 4.42 Å². The number of carbonyl (C=O) groups is 1. The van der Waals surface area contributed by atoms with E-state index in [9.17, 15) is 14.9 Å². The van der Waals surface area contributed by atoms with Gasteiger partial charge in [-0.3, -0.25) is 14.9 Å².